The number of nitrogens with zero attached hydrogens (tertiary/aromatic N) is 2. The van der Waals surface area contributed by atoms with Crippen LogP contribution in [0.5, 0.6) is 0 Å². The van der Waals surface area contributed by atoms with E-state index in [1.54, 1.807) is 0 Å². The summed E-state index contributed by atoms with van der Waals surface area (Å²) in [6, 6.07) is 0. The maximum absolute atomic E-state index is 4.73. The molecule has 17 heavy (non-hydrogen) atoms. The van der Waals surface area contributed by atoms with Crippen LogP contribution in [0.4, 0.5) is 0 Å². The third kappa shape index (κ3) is 5.15. The summed E-state index contributed by atoms with van der Waals surface area (Å²) in [6.45, 7) is 7.54. The Morgan fingerprint density at radius 2 is 2.06 bits per heavy atom. The average Bonchev–Trinajstić information content (AvgIpc) is 2.69. The Morgan fingerprint density at radius 3 is 2.65 bits per heavy atom. The molecule has 0 atom stereocenters. The second-order valence-electron chi connectivity index (χ2n) is 4.56. The Hall–Kier alpha value is -0.450. The quantitative estimate of drug-likeness (QED) is 0.723. The van der Waals surface area contributed by atoms with Crippen LogP contribution >= 0.6 is 11.3 Å². The summed E-state index contributed by atoms with van der Waals surface area (Å²) < 4.78 is 0. The van der Waals surface area contributed by atoms with Crippen molar-refractivity contribution in [3.05, 3.63) is 15.6 Å². The molecule has 3 nitrogen and oxygen atoms in total. The van der Waals surface area contributed by atoms with Crippen molar-refractivity contribution in [3.8, 4) is 0 Å². The van der Waals surface area contributed by atoms with Gasteiger partial charge in [0.1, 0.15) is 0 Å². The summed E-state index contributed by atoms with van der Waals surface area (Å²) in [5.74, 6) is 0. The molecule has 1 rings (SSSR count). The first-order chi connectivity index (χ1) is 8.17. The topological polar surface area (TPSA) is 28.2 Å². The van der Waals surface area contributed by atoms with Gasteiger partial charge in [-0.15, -0.1) is 11.3 Å². The molecule has 4 heteroatoms. The predicted octanol–water partition coefficient (Wildman–Crippen LogP) is 2.31. The van der Waals surface area contributed by atoms with Crippen molar-refractivity contribution in [2.24, 2.45) is 0 Å². The van der Waals surface area contributed by atoms with Gasteiger partial charge < -0.3 is 10.2 Å². The molecule has 0 fully saturated rings. The Balaban J connectivity index is 2.56. The van der Waals surface area contributed by atoms with E-state index in [9.17, 15) is 0 Å². The van der Waals surface area contributed by atoms with Crippen LogP contribution in [0.25, 0.3) is 0 Å². The minimum atomic E-state index is 0.983. The van der Waals surface area contributed by atoms with E-state index in [0.29, 0.717) is 0 Å². The zero-order chi connectivity index (χ0) is 12.7. The molecular formula is C13H25N3S. The van der Waals surface area contributed by atoms with Gasteiger partial charge in [0.2, 0.25) is 0 Å². The molecule has 0 aliphatic rings. The van der Waals surface area contributed by atoms with E-state index in [0.717, 1.165) is 32.5 Å². The van der Waals surface area contributed by atoms with Gasteiger partial charge in [-0.1, -0.05) is 13.8 Å². The highest BCUT2D eigenvalue weighted by molar-refractivity contribution is 7.11. The van der Waals surface area contributed by atoms with Crippen LogP contribution in [0, 0.1) is 0 Å². The smallest absolute Gasteiger partial charge is 0.0944 e. The molecule has 1 N–H and O–H groups in total. The molecule has 1 heterocycles. The van der Waals surface area contributed by atoms with Gasteiger partial charge in [0, 0.05) is 24.4 Å². The molecule has 0 aromatic carbocycles. The van der Waals surface area contributed by atoms with Crippen molar-refractivity contribution < 1.29 is 0 Å². The molecule has 1 aromatic heterocycles. The van der Waals surface area contributed by atoms with E-state index in [1.165, 1.54) is 22.0 Å². The molecule has 0 spiro atoms. The normalized spacial score (nSPS) is 11.4. The first-order valence-electron chi connectivity index (χ1n) is 6.50. The summed E-state index contributed by atoms with van der Waals surface area (Å²) in [5.41, 5.74) is 1.28. The summed E-state index contributed by atoms with van der Waals surface area (Å²) >= 11 is 1.88. The van der Waals surface area contributed by atoms with Crippen LogP contribution in [0.1, 0.15) is 35.8 Å². The maximum atomic E-state index is 4.73. The lowest BCUT2D eigenvalue weighted by Gasteiger charge is -2.06. The molecule has 98 valence electrons. The fraction of sp³-hybridized carbons (Fsp3) is 0.769. The van der Waals surface area contributed by atoms with Crippen LogP contribution in [0.3, 0.4) is 0 Å². The van der Waals surface area contributed by atoms with Crippen LogP contribution < -0.4 is 5.32 Å². The number of aryl methyl sites for hydroxylation is 1. The second-order valence-corrected chi connectivity index (χ2v) is 5.73. The number of hydrogen-bond acceptors (Lipinski definition) is 4. The molecule has 0 radical (unpaired) electrons. The van der Waals surface area contributed by atoms with Crippen molar-refractivity contribution in [1.82, 2.24) is 15.2 Å². The van der Waals surface area contributed by atoms with E-state index < -0.39 is 0 Å². The number of thiazole rings is 1. The SMILES string of the molecule is CCCNCc1sc(CCN(C)C)nc1CC. The predicted molar refractivity (Wildman–Crippen MR) is 75.7 cm³/mol. The highest BCUT2D eigenvalue weighted by Crippen LogP contribution is 2.19. The summed E-state index contributed by atoms with van der Waals surface area (Å²) in [7, 11) is 4.22. The van der Waals surface area contributed by atoms with Gasteiger partial charge in [0.05, 0.1) is 10.7 Å². The number of rotatable bonds is 8. The minimum absolute atomic E-state index is 0.983. The summed E-state index contributed by atoms with van der Waals surface area (Å²) in [6.07, 6.45) is 3.30. The highest BCUT2D eigenvalue weighted by Gasteiger charge is 2.09. The lowest BCUT2D eigenvalue weighted by molar-refractivity contribution is 0.413. The van der Waals surface area contributed by atoms with Gasteiger partial charge in [-0.2, -0.15) is 0 Å². The number of nitrogens with one attached hydrogen (secondary N) is 1. The molecule has 1 aromatic rings. The fourth-order valence-corrected chi connectivity index (χ4v) is 2.77. The van der Waals surface area contributed by atoms with Crippen LogP contribution in [-0.4, -0.2) is 37.1 Å². The van der Waals surface area contributed by atoms with Crippen molar-refractivity contribution in [2.45, 2.75) is 39.7 Å². The Kier molecular flexibility index (Phi) is 6.70. The van der Waals surface area contributed by atoms with E-state index in [1.807, 2.05) is 11.3 Å². The Morgan fingerprint density at radius 1 is 1.29 bits per heavy atom. The summed E-state index contributed by atoms with van der Waals surface area (Å²) in [4.78, 5) is 8.37. The zero-order valence-corrected chi connectivity index (χ0v) is 12.4. The Labute approximate surface area is 109 Å². The molecular weight excluding hydrogens is 230 g/mol. The van der Waals surface area contributed by atoms with Crippen molar-refractivity contribution in [3.63, 3.8) is 0 Å². The van der Waals surface area contributed by atoms with Gasteiger partial charge in [-0.3, -0.25) is 0 Å². The second kappa shape index (κ2) is 7.80. The van der Waals surface area contributed by atoms with Gasteiger partial charge in [-0.05, 0) is 33.5 Å². The minimum Gasteiger partial charge on any atom is -0.312 e. The molecule has 0 saturated carbocycles. The first kappa shape index (κ1) is 14.6. The number of aromatic nitrogens is 1. The van der Waals surface area contributed by atoms with Crippen molar-refractivity contribution in [1.29, 1.82) is 0 Å². The molecule has 0 amide bonds. The standard InChI is InChI=1S/C13H25N3S/c1-5-8-14-10-12-11(6-2)15-13(17-12)7-9-16(3)4/h14H,5-10H2,1-4H3. The van der Waals surface area contributed by atoms with Crippen LogP contribution in [0.15, 0.2) is 0 Å². The van der Waals surface area contributed by atoms with E-state index in [-0.39, 0.29) is 0 Å². The third-order valence-electron chi connectivity index (χ3n) is 2.64. The lowest BCUT2D eigenvalue weighted by Crippen LogP contribution is -2.14. The lowest BCUT2D eigenvalue weighted by atomic mass is 10.3. The number of likely N-dealkylation sites (N-methyl/N-ethyl adjacent to an activating group) is 1. The molecule has 0 unspecified atom stereocenters. The van der Waals surface area contributed by atoms with E-state index >= 15 is 0 Å². The fourth-order valence-electron chi connectivity index (χ4n) is 1.66. The van der Waals surface area contributed by atoms with Gasteiger partial charge >= 0.3 is 0 Å². The van der Waals surface area contributed by atoms with Crippen LogP contribution in [0.2, 0.25) is 0 Å². The highest BCUT2D eigenvalue weighted by atomic mass is 32.1. The molecule has 0 bridgehead atoms. The zero-order valence-electron chi connectivity index (χ0n) is 11.5. The maximum Gasteiger partial charge on any atom is 0.0944 e. The van der Waals surface area contributed by atoms with E-state index in [4.69, 9.17) is 4.98 Å². The van der Waals surface area contributed by atoms with Gasteiger partial charge in [0.15, 0.2) is 0 Å². The van der Waals surface area contributed by atoms with Gasteiger partial charge in [0.25, 0.3) is 0 Å². The monoisotopic (exact) mass is 255 g/mol. The Bertz CT molecular complexity index is 320. The van der Waals surface area contributed by atoms with Crippen molar-refractivity contribution in [2.75, 3.05) is 27.2 Å². The largest absolute Gasteiger partial charge is 0.312 e. The van der Waals surface area contributed by atoms with Crippen LogP contribution in [-0.2, 0) is 19.4 Å². The summed E-state index contributed by atoms with van der Waals surface area (Å²) in [5, 5.41) is 4.75. The average molecular weight is 255 g/mol. The molecule has 0 aliphatic heterocycles. The van der Waals surface area contributed by atoms with Crippen molar-refractivity contribution >= 4 is 11.3 Å². The first-order valence-corrected chi connectivity index (χ1v) is 7.31. The number of hydrogen-bond donors (Lipinski definition) is 1. The molecule has 0 saturated heterocycles. The van der Waals surface area contributed by atoms with E-state index in [2.05, 4.69) is 38.2 Å². The van der Waals surface area contributed by atoms with Gasteiger partial charge in [-0.25, -0.2) is 4.98 Å². The third-order valence-corrected chi connectivity index (χ3v) is 3.80. The molecule has 0 aliphatic carbocycles.